The van der Waals surface area contributed by atoms with Gasteiger partial charge in [-0.3, -0.25) is 4.79 Å². The van der Waals surface area contributed by atoms with Crippen molar-refractivity contribution >= 4 is 5.78 Å². The van der Waals surface area contributed by atoms with Crippen molar-refractivity contribution in [2.45, 2.75) is 66.2 Å². The third kappa shape index (κ3) is 4.19. The fourth-order valence-corrected chi connectivity index (χ4v) is 2.31. The lowest BCUT2D eigenvalue weighted by atomic mass is 9.84. The Morgan fingerprint density at radius 1 is 1.26 bits per heavy atom. The molecule has 1 rings (SSSR count). The van der Waals surface area contributed by atoms with Gasteiger partial charge in [0.15, 0.2) is 5.78 Å². The van der Waals surface area contributed by atoms with Crippen LogP contribution in [0.5, 0.6) is 0 Å². The summed E-state index contributed by atoms with van der Waals surface area (Å²) in [6.07, 6.45) is 3.28. The van der Waals surface area contributed by atoms with Gasteiger partial charge in [0, 0.05) is 11.5 Å². The molecule has 1 atom stereocenters. The zero-order valence-corrected chi connectivity index (χ0v) is 13.3. The third-order valence-electron chi connectivity index (χ3n) is 3.80. The first kappa shape index (κ1) is 15.9. The van der Waals surface area contributed by atoms with Gasteiger partial charge in [0.25, 0.3) is 0 Å². The molecule has 1 aromatic carbocycles. The quantitative estimate of drug-likeness (QED) is 0.656. The molecule has 0 saturated carbocycles. The minimum Gasteiger partial charge on any atom is -0.294 e. The molecule has 0 amide bonds. The number of Topliss-reactive ketones (excluding diaryl/α,β-unsaturated/α-hetero) is 1. The van der Waals surface area contributed by atoms with Crippen molar-refractivity contribution < 1.29 is 4.79 Å². The van der Waals surface area contributed by atoms with E-state index in [1.165, 1.54) is 5.56 Å². The number of aryl methyl sites for hydroxylation is 1. The smallest absolute Gasteiger partial charge is 0.165 e. The van der Waals surface area contributed by atoms with E-state index in [4.69, 9.17) is 0 Å². The largest absolute Gasteiger partial charge is 0.294 e. The van der Waals surface area contributed by atoms with Gasteiger partial charge in [-0.05, 0) is 29.9 Å². The second kappa shape index (κ2) is 6.36. The van der Waals surface area contributed by atoms with Crippen molar-refractivity contribution in [3.63, 3.8) is 0 Å². The molecule has 1 unspecified atom stereocenters. The van der Waals surface area contributed by atoms with E-state index in [1.54, 1.807) is 0 Å². The van der Waals surface area contributed by atoms with Crippen LogP contribution in [0, 0.1) is 12.8 Å². The average molecular weight is 260 g/mol. The predicted molar refractivity (Wildman–Crippen MR) is 82.9 cm³/mol. The molecule has 0 spiro atoms. The lowest BCUT2D eigenvalue weighted by Crippen LogP contribution is -2.15. The fourth-order valence-electron chi connectivity index (χ4n) is 2.31. The normalized spacial score (nSPS) is 13.4. The molecule has 0 bridgehead atoms. The lowest BCUT2D eigenvalue weighted by Gasteiger charge is -2.21. The molecular formula is C18H28O. The minimum atomic E-state index is 0.138. The van der Waals surface area contributed by atoms with Crippen LogP contribution in [0.2, 0.25) is 0 Å². The van der Waals surface area contributed by atoms with E-state index in [9.17, 15) is 4.79 Å². The number of ketones is 1. The highest BCUT2D eigenvalue weighted by molar-refractivity contribution is 5.99. The summed E-state index contributed by atoms with van der Waals surface area (Å²) < 4.78 is 0. The van der Waals surface area contributed by atoms with Crippen molar-refractivity contribution in [3.8, 4) is 0 Å². The van der Waals surface area contributed by atoms with Gasteiger partial charge in [0.05, 0.1) is 0 Å². The molecule has 0 aromatic heterocycles. The summed E-state index contributed by atoms with van der Waals surface area (Å²) in [5.41, 5.74) is 3.44. The molecule has 0 fully saturated rings. The molecular weight excluding hydrogens is 232 g/mol. The lowest BCUT2D eigenvalue weighted by molar-refractivity contribution is 0.0922. The van der Waals surface area contributed by atoms with Gasteiger partial charge in [-0.25, -0.2) is 0 Å². The van der Waals surface area contributed by atoms with Crippen LogP contribution in [0.3, 0.4) is 0 Å². The second-order valence-electron chi connectivity index (χ2n) is 6.69. The molecule has 1 nitrogen and oxygen atoms in total. The van der Waals surface area contributed by atoms with Crippen molar-refractivity contribution in [3.05, 3.63) is 34.9 Å². The molecule has 1 aromatic rings. The Hall–Kier alpha value is -1.11. The van der Waals surface area contributed by atoms with E-state index in [2.05, 4.69) is 53.7 Å². The number of carbonyl (C=O) groups excluding carboxylic acids is 1. The standard InChI is InChI=1S/C18H28O/c1-7-8-9-13(2)17(19)16-11-10-15(12-14(16)3)18(4,5)6/h10-13H,7-9H2,1-6H3. The minimum absolute atomic E-state index is 0.138. The second-order valence-corrected chi connectivity index (χ2v) is 6.69. The van der Waals surface area contributed by atoms with Crippen LogP contribution in [0.1, 0.15) is 75.4 Å². The van der Waals surface area contributed by atoms with Crippen LogP contribution >= 0.6 is 0 Å². The van der Waals surface area contributed by atoms with Gasteiger partial charge < -0.3 is 0 Å². The zero-order valence-electron chi connectivity index (χ0n) is 13.3. The van der Waals surface area contributed by atoms with Crippen molar-refractivity contribution in [1.82, 2.24) is 0 Å². The highest BCUT2D eigenvalue weighted by Crippen LogP contribution is 2.26. The highest BCUT2D eigenvalue weighted by Gasteiger charge is 2.19. The van der Waals surface area contributed by atoms with E-state index in [0.717, 1.165) is 30.4 Å². The molecule has 106 valence electrons. The van der Waals surface area contributed by atoms with Crippen LogP contribution in [-0.2, 0) is 5.41 Å². The Bertz CT molecular complexity index is 437. The molecule has 0 aliphatic carbocycles. The van der Waals surface area contributed by atoms with Crippen LogP contribution in [-0.4, -0.2) is 5.78 Å². The van der Waals surface area contributed by atoms with Gasteiger partial charge in [0.2, 0.25) is 0 Å². The molecule has 0 aliphatic heterocycles. The summed E-state index contributed by atoms with van der Waals surface area (Å²) in [5.74, 6) is 0.436. The Labute approximate surface area is 118 Å². The fraction of sp³-hybridized carbons (Fsp3) is 0.611. The van der Waals surface area contributed by atoms with Crippen molar-refractivity contribution in [2.75, 3.05) is 0 Å². The van der Waals surface area contributed by atoms with Gasteiger partial charge in [0.1, 0.15) is 0 Å². The van der Waals surface area contributed by atoms with Crippen molar-refractivity contribution in [1.29, 1.82) is 0 Å². The summed E-state index contributed by atoms with van der Waals surface area (Å²) >= 11 is 0. The first-order chi connectivity index (χ1) is 8.77. The summed E-state index contributed by atoms with van der Waals surface area (Å²) in [6.45, 7) is 12.9. The van der Waals surface area contributed by atoms with Gasteiger partial charge in [-0.1, -0.05) is 65.7 Å². The number of hydrogen-bond acceptors (Lipinski definition) is 1. The molecule has 1 heteroatoms. The van der Waals surface area contributed by atoms with Crippen LogP contribution < -0.4 is 0 Å². The summed E-state index contributed by atoms with van der Waals surface area (Å²) in [4.78, 5) is 12.4. The molecule has 0 aliphatic rings. The van der Waals surface area contributed by atoms with Crippen LogP contribution in [0.25, 0.3) is 0 Å². The molecule has 19 heavy (non-hydrogen) atoms. The number of benzene rings is 1. The van der Waals surface area contributed by atoms with Crippen LogP contribution in [0.15, 0.2) is 18.2 Å². The number of carbonyl (C=O) groups is 1. The van der Waals surface area contributed by atoms with E-state index < -0.39 is 0 Å². The maximum atomic E-state index is 12.4. The molecule has 0 N–H and O–H groups in total. The Morgan fingerprint density at radius 2 is 1.89 bits per heavy atom. The van der Waals surface area contributed by atoms with Crippen LogP contribution in [0.4, 0.5) is 0 Å². The van der Waals surface area contributed by atoms with Gasteiger partial charge in [-0.15, -0.1) is 0 Å². The zero-order chi connectivity index (χ0) is 14.6. The number of rotatable bonds is 5. The molecule has 0 heterocycles. The summed E-state index contributed by atoms with van der Waals surface area (Å²) in [5, 5.41) is 0. The number of hydrogen-bond donors (Lipinski definition) is 0. The SMILES string of the molecule is CCCCC(C)C(=O)c1ccc(C(C)(C)C)cc1C. The summed E-state index contributed by atoms with van der Waals surface area (Å²) in [7, 11) is 0. The Morgan fingerprint density at radius 3 is 2.37 bits per heavy atom. The molecule has 0 saturated heterocycles. The highest BCUT2D eigenvalue weighted by atomic mass is 16.1. The summed E-state index contributed by atoms with van der Waals surface area (Å²) in [6, 6.07) is 6.28. The Balaban J connectivity index is 2.93. The number of unbranched alkanes of at least 4 members (excludes halogenated alkanes) is 1. The average Bonchev–Trinajstić information content (AvgIpc) is 2.33. The van der Waals surface area contributed by atoms with E-state index in [0.29, 0.717) is 5.78 Å². The van der Waals surface area contributed by atoms with E-state index in [1.807, 2.05) is 6.07 Å². The first-order valence-corrected chi connectivity index (χ1v) is 7.42. The maximum absolute atomic E-state index is 12.4. The van der Waals surface area contributed by atoms with Gasteiger partial charge in [-0.2, -0.15) is 0 Å². The maximum Gasteiger partial charge on any atom is 0.165 e. The molecule has 0 radical (unpaired) electrons. The third-order valence-corrected chi connectivity index (χ3v) is 3.80. The topological polar surface area (TPSA) is 17.1 Å². The van der Waals surface area contributed by atoms with Crippen molar-refractivity contribution in [2.24, 2.45) is 5.92 Å². The Kier molecular flexibility index (Phi) is 5.34. The van der Waals surface area contributed by atoms with E-state index >= 15 is 0 Å². The first-order valence-electron chi connectivity index (χ1n) is 7.42. The van der Waals surface area contributed by atoms with Gasteiger partial charge >= 0.3 is 0 Å². The van der Waals surface area contributed by atoms with E-state index in [-0.39, 0.29) is 11.3 Å². The monoisotopic (exact) mass is 260 g/mol. The predicted octanol–water partition coefficient (Wildman–Crippen LogP) is 5.30.